The van der Waals surface area contributed by atoms with Crippen LogP contribution in [0, 0.1) is 17.7 Å². The van der Waals surface area contributed by atoms with Crippen molar-refractivity contribution in [2.75, 3.05) is 25.1 Å². The molecule has 1 aromatic heterocycles. The number of benzene rings is 1. The van der Waals surface area contributed by atoms with Crippen molar-refractivity contribution >= 4 is 16.6 Å². The van der Waals surface area contributed by atoms with Crippen LogP contribution in [-0.2, 0) is 0 Å². The molecule has 3 fully saturated rings. The van der Waals surface area contributed by atoms with E-state index < -0.39 is 40.5 Å². The number of nitrogens with zero attached hydrogens (tertiary/aromatic N) is 2. The van der Waals surface area contributed by atoms with Gasteiger partial charge in [-0.3, -0.25) is 14.3 Å². The summed E-state index contributed by atoms with van der Waals surface area (Å²) in [5.41, 5.74) is -3.04. The number of aromatic nitrogens is 2. The quantitative estimate of drug-likeness (QED) is 0.765. The first kappa shape index (κ1) is 20.4. The molecule has 0 bridgehead atoms. The van der Waals surface area contributed by atoms with Gasteiger partial charge in [0.25, 0.3) is 12.0 Å². The summed E-state index contributed by atoms with van der Waals surface area (Å²) in [7, 11) is 1.28. The molecule has 2 aliphatic carbocycles. The van der Waals surface area contributed by atoms with Crippen LogP contribution in [0.5, 0.6) is 5.75 Å². The maximum Gasteiger partial charge on any atom is 0.329 e. The van der Waals surface area contributed by atoms with E-state index in [0.717, 1.165) is 12.8 Å². The summed E-state index contributed by atoms with van der Waals surface area (Å²) in [6.07, 6.45) is -0.0991. The van der Waals surface area contributed by atoms with Gasteiger partial charge < -0.3 is 14.7 Å². The molecule has 1 aromatic carbocycles. The standard InChI is InChI=1S/C21H24F3N3O4/c1-31-18-16-14(20(29)25-21(30)27(16)10-5-6-10)13(19(23)24)15(22)17(18)26-7-9-3-2-4-12(28)11(9)8-26/h9-12,19,28H,2-8H2,1H3,(H,25,29,30). The molecule has 2 heterocycles. The smallest absolute Gasteiger partial charge is 0.329 e. The zero-order valence-electron chi connectivity index (χ0n) is 17.0. The lowest BCUT2D eigenvalue weighted by molar-refractivity contribution is 0.0565. The number of alkyl halides is 2. The first-order valence-electron chi connectivity index (χ1n) is 10.6. The Labute approximate surface area is 175 Å². The van der Waals surface area contributed by atoms with Crippen LogP contribution in [0.2, 0.25) is 0 Å². The molecule has 3 atom stereocenters. The normalized spacial score (nSPS) is 26.0. The number of aliphatic hydroxyl groups is 1. The third kappa shape index (κ3) is 3.06. The summed E-state index contributed by atoms with van der Waals surface area (Å²) < 4.78 is 50.5. The van der Waals surface area contributed by atoms with E-state index >= 15 is 4.39 Å². The van der Waals surface area contributed by atoms with Crippen molar-refractivity contribution in [2.24, 2.45) is 11.8 Å². The summed E-state index contributed by atoms with van der Waals surface area (Å²) in [4.78, 5) is 28.8. The van der Waals surface area contributed by atoms with Crippen LogP contribution in [0.1, 0.15) is 50.1 Å². The van der Waals surface area contributed by atoms with Gasteiger partial charge in [-0.2, -0.15) is 0 Å². The predicted octanol–water partition coefficient (Wildman–Crippen LogP) is 2.71. The molecule has 0 spiro atoms. The lowest BCUT2D eigenvalue weighted by Gasteiger charge is -2.28. The average Bonchev–Trinajstić information content (AvgIpc) is 3.45. The Hall–Kier alpha value is -2.49. The predicted molar refractivity (Wildman–Crippen MR) is 108 cm³/mol. The number of hydrogen-bond donors (Lipinski definition) is 2. The average molecular weight is 439 g/mol. The number of aromatic amines is 1. The van der Waals surface area contributed by atoms with Crippen molar-refractivity contribution in [1.82, 2.24) is 9.55 Å². The van der Waals surface area contributed by atoms with Gasteiger partial charge >= 0.3 is 5.69 Å². The van der Waals surface area contributed by atoms with Gasteiger partial charge in [0.05, 0.1) is 24.2 Å². The number of rotatable bonds is 4. The lowest BCUT2D eigenvalue weighted by Crippen LogP contribution is -2.32. The highest BCUT2D eigenvalue weighted by Gasteiger charge is 2.43. The Bertz CT molecular complexity index is 1160. The topological polar surface area (TPSA) is 87.6 Å². The molecule has 0 radical (unpaired) electrons. The Morgan fingerprint density at radius 1 is 1.16 bits per heavy atom. The molecule has 3 aliphatic rings. The molecule has 3 unspecified atom stereocenters. The van der Waals surface area contributed by atoms with Gasteiger partial charge in [0, 0.05) is 25.0 Å². The van der Waals surface area contributed by atoms with E-state index in [-0.39, 0.29) is 34.8 Å². The van der Waals surface area contributed by atoms with Gasteiger partial charge in [-0.15, -0.1) is 0 Å². The van der Waals surface area contributed by atoms with Gasteiger partial charge in [0.1, 0.15) is 11.2 Å². The van der Waals surface area contributed by atoms with Crippen LogP contribution in [-0.4, -0.2) is 41.0 Å². The van der Waals surface area contributed by atoms with Crippen molar-refractivity contribution in [2.45, 2.75) is 50.7 Å². The number of halogens is 3. The van der Waals surface area contributed by atoms with E-state index in [9.17, 15) is 23.5 Å². The molecule has 1 aliphatic heterocycles. The minimum absolute atomic E-state index is 0.0825. The van der Waals surface area contributed by atoms with E-state index in [2.05, 4.69) is 4.98 Å². The molecule has 1 saturated heterocycles. The fourth-order valence-electron chi connectivity index (χ4n) is 5.46. The Morgan fingerprint density at radius 3 is 2.52 bits per heavy atom. The molecular weight excluding hydrogens is 415 g/mol. The lowest BCUT2D eigenvalue weighted by atomic mass is 9.80. The number of ether oxygens (including phenoxy) is 1. The van der Waals surface area contributed by atoms with Crippen molar-refractivity contribution in [3.63, 3.8) is 0 Å². The maximum atomic E-state index is 15.7. The zero-order valence-corrected chi connectivity index (χ0v) is 17.0. The minimum atomic E-state index is -3.26. The number of nitrogens with one attached hydrogen (secondary N) is 1. The Balaban J connectivity index is 1.81. The maximum absolute atomic E-state index is 15.7. The van der Waals surface area contributed by atoms with Crippen molar-refractivity contribution < 1.29 is 23.0 Å². The molecule has 2 aromatic rings. The summed E-state index contributed by atoms with van der Waals surface area (Å²) in [5, 5.41) is 9.84. The summed E-state index contributed by atoms with van der Waals surface area (Å²) in [6, 6.07) is -0.257. The first-order chi connectivity index (χ1) is 14.8. The molecule has 31 heavy (non-hydrogen) atoms. The van der Waals surface area contributed by atoms with Crippen LogP contribution < -0.4 is 20.9 Å². The van der Waals surface area contributed by atoms with E-state index in [0.29, 0.717) is 32.4 Å². The molecule has 5 rings (SSSR count). The van der Waals surface area contributed by atoms with Crippen molar-refractivity contribution in [1.29, 1.82) is 0 Å². The fraction of sp³-hybridized carbons (Fsp3) is 0.619. The molecular formula is C21H24F3N3O4. The van der Waals surface area contributed by atoms with Gasteiger partial charge in [0.2, 0.25) is 0 Å². The van der Waals surface area contributed by atoms with Gasteiger partial charge in [-0.1, -0.05) is 6.42 Å². The van der Waals surface area contributed by atoms with E-state index in [1.165, 1.54) is 11.7 Å². The van der Waals surface area contributed by atoms with Crippen LogP contribution in [0.4, 0.5) is 18.9 Å². The number of methoxy groups -OCH3 is 1. The molecule has 0 amide bonds. The van der Waals surface area contributed by atoms with E-state index in [4.69, 9.17) is 4.74 Å². The summed E-state index contributed by atoms with van der Waals surface area (Å²) in [5.74, 6) is -1.27. The number of aliphatic hydroxyl groups excluding tert-OH is 1. The zero-order chi connectivity index (χ0) is 22.0. The number of hydrogen-bond acceptors (Lipinski definition) is 5. The third-order valence-electron chi connectivity index (χ3n) is 7.00. The second-order valence-corrected chi connectivity index (χ2v) is 8.82. The summed E-state index contributed by atoms with van der Waals surface area (Å²) >= 11 is 0. The van der Waals surface area contributed by atoms with E-state index in [1.807, 2.05) is 0 Å². The summed E-state index contributed by atoms with van der Waals surface area (Å²) in [6.45, 7) is 0.685. The van der Waals surface area contributed by atoms with Crippen molar-refractivity contribution in [3.8, 4) is 5.75 Å². The van der Waals surface area contributed by atoms with Gasteiger partial charge in [0.15, 0.2) is 11.6 Å². The highest BCUT2D eigenvalue weighted by atomic mass is 19.3. The number of anilines is 1. The fourth-order valence-corrected chi connectivity index (χ4v) is 5.46. The van der Waals surface area contributed by atoms with Crippen LogP contribution in [0.15, 0.2) is 9.59 Å². The molecule has 2 N–H and O–H groups in total. The minimum Gasteiger partial charge on any atom is -0.492 e. The van der Waals surface area contributed by atoms with E-state index in [1.54, 1.807) is 4.90 Å². The van der Waals surface area contributed by atoms with Gasteiger partial charge in [-0.05, 0) is 31.6 Å². The third-order valence-corrected chi connectivity index (χ3v) is 7.00. The molecule has 7 nitrogen and oxygen atoms in total. The van der Waals surface area contributed by atoms with Gasteiger partial charge in [-0.25, -0.2) is 18.0 Å². The second kappa shape index (κ2) is 7.29. The molecule has 10 heteroatoms. The van der Waals surface area contributed by atoms with Crippen LogP contribution >= 0.6 is 0 Å². The van der Waals surface area contributed by atoms with Crippen LogP contribution in [0.3, 0.4) is 0 Å². The second-order valence-electron chi connectivity index (χ2n) is 8.82. The largest absolute Gasteiger partial charge is 0.492 e. The highest BCUT2D eigenvalue weighted by molar-refractivity contribution is 5.94. The number of H-pyrrole nitrogens is 1. The SMILES string of the molecule is COc1c(N2CC3CCCC(O)C3C2)c(F)c(C(F)F)c2c(=O)[nH]c(=O)n(C3CC3)c12. The first-order valence-corrected chi connectivity index (χ1v) is 10.6. The Kier molecular flexibility index (Phi) is 4.80. The number of fused-ring (bicyclic) bond motifs is 2. The Morgan fingerprint density at radius 2 is 1.90 bits per heavy atom. The molecule has 2 saturated carbocycles. The highest BCUT2D eigenvalue weighted by Crippen LogP contribution is 2.48. The van der Waals surface area contributed by atoms with Crippen molar-refractivity contribution in [3.05, 3.63) is 32.2 Å². The molecule has 168 valence electrons. The monoisotopic (exact) mass is 439 g/mol. The van der Waals surface area contributed by atoms with Crippen LogP contribution in [0.25, 0.3) is 10.9 Å².